The van der Waals surface area contributed by atoms with Gasteiger partial charge in [-0.3, -0.25) is 9.97 Å². The van der Waals surface area contributed by atoms with Gasteiger partial charge >= 0.3 is 0 Å². The smallest absolute Gasteiger partial charge is 0.0446 e. The number of hydrogen-bond acceptors (Lipinski definition) is 4. The molecule has 0 bridgehead atoms. The van der Waals surface area contributed by atoms with E-state index in [0.717, 1.165) is 5.56 Å². The molecule has 0 fully saturated rings. The molecule has 0 radical (unpaired) electrons. The van der Waals surface area contributed by atoms with Gasteiger partial charge in [-0.2, -0.15) is 0 Å². The molecule has 11 rings (SSSR count). The number of thiophene rings is 2. The van der Waals surface area contributed by atoms with Crippen molar-refractivity contribution in [1.82, 2.24) is 9.97 Å². The molecular formula is C48H28N2S2. The Hall–Kier alpha value is -6.20. The first-order valence-electron chi connectivity index (χ1n) is 17.4. The summed E-state index contributed by atoms with van der Waals surface area (Å²) in [5, 5.41) is 14.8. The highest BCUT2D eigenvalue weighted by molar-refractivity contribution is 7.23. The summed E-state index contributed by atoms with van der Waals surface area (Å²) in [4.78, 5) is 10.4. The Balaban J connectivity index is 1.29. The standard InChI is InChI=1S/C48H28N2S2/c1-2-9-33-29(8-1)16-17-31-24-32-25-41-34(42-27-50-23-20-35(42)43-28-51-44-14-5-3-10-36(43)44)12-7-13-37(41)47(40(32)26-39(31)33)48-46(30-18-21-49-22-19-30)38-11-4-6-15-45(38)52-48/h1-28H. The van der Waals surface area contributed by atoms with Gasteiger partial charge < -0.3 is 0 Å². The van der Waals surface area contributed by atoms with Crippen molar-refractivity contribution in [3.05, 3.63) is 170 Å². The van der Waals surface area contributed by atoms with Crippen molar-refractivity contribution in [2.24, 2.45) is 0 Å². The number of nitrogens with zero attached hydrogens (tertiary/aromatic N) is 2. The summed E-state index contributed by atoms with van der Waals surface area (Å²) < 4.78 is 2.56. The molecule has 0 saturated carbocycles. The minimum absolute atomic E-state index is 1.14. The summed E-state index contributed by atoms with van der Waals surface area (Å²) in [6, 6.07) is 51.3. The molecule has 0 spiro atoms. The fourth-order valence-corrected chi connectivity index (χ4v) is 10.4. The highest BCUT2D eigenvalue weighted by atomic mass is 32.1. The summed E-state index contributed by atoms with van der Waals surface area (Å²) in [6.45, 7) is 0. The first-order chi connectivity index (χ1) is 25.8. The predicted molar refractivity (Wildman–Crippen MR) is 225 cm³/mol. The first-order valence-corrected chi connectivity index (χ1v) is 19.1. The van der Waals surface area contributed by atoms with Gasteiger partial charge in [0.05, 0.1) is 0 Å². The monoisotopic (exact) mass is 696 g/mol. The van der Waals surface area contributed by atoms with E-state index in [0.29, 0.717) is 0 Å². The topological polar surface area (TPSA) is 25.8 Å². The lowest BCUT2D eigenvalue weighted by Gasteiger charge is -2.18. The Bertz CT molecular complexity index is 3190. The maximum Gasteiger partial charge on any atom is 0.0446 e. The minimum atomic E-state index is 1.14. The van der Waals surface area contributed by atoms with Crippen molar-refractivity contribution < 1.29 is 0 Å². The van der Waals surface area contributed by atoms with Gasteiger partial charge in [-0.15, -0.1) is 22.7 Å². The van der Waals surface area contributed by atoms with Crippen molar-refractivity contribution in [2.45, 2.75) is 0 Å². The van der Waals surface area contributed by atoms with Crippen LogP contribution in [0.2, 0.25) is 0 Å². The SMILES string of the molecule is c1ccc2c(c1)ccc1cc3cc4c(-c5cnccc5-c5csc6ccccc56)cccc4c(-c4sc5ccccc5c4-c4ccncc4)c3cc12. The highest BCUT2D eigenvalue weighted by Gasteiger charge is 2.23. The van der Waals surface area contributed by atoms with Gasteiger partial charge in [0.1, 0.15) is 0 Å². The fourth-order valence-electron chi connectivity index (χ4n) is 8.18. The fraction of sp³-hybridized carbons (Fsp3) is 0. The molecule has 0 N–H and O–H groups in total. The number of hydrogen-bond donors (Lipinski definition) is 0. The molecule has 11 aromatic rings. The summed E-state index contributed by atoms with van der Waals surface area (Å²) in [5.41, 5.74) is 8.47. The zero-order chi connectivity index (χ0) is 34.2. The van der Waals surface area contributed by atoms with Crippen LogP contribution in [0.25, 0.3) is 107 Å². The van der Waals surface area contributed by atoms with Crippen molar-refractivity contribution in [1.29, 1.82) is 0 Å². The van der Waals surface area contributed by atoms with Crippen LogP contribution in [0.15, 0.2) is 170 Å². The normalized spacial score (nSPS) is 11.8. The van der Waals surface area contributed by atoms with E-state index in [4.69, 9.17) is 4.98 Å². The average molecular weight is 697 g/mol. The van der Waals surface area contributed by atoms with E-state index in [9.17, 15) is 0 Å². The van der Waals surface area contributed by atoms with Gasteiger partial charge in [0.15, 0.2) is 0 Å². The molecule has 0 aliphatic carbocycles. The van der Waals surface area contributed by atoms with E-state index in [2.05, 4.69) is 156 Å². The maximum atomic E-state index is 4.71. The summed E-state index contributed by atoms with van der Waals surface area (Å²) in [6.07, 6.45) is 7.78. The van der Waals surface area contributed by atoms with Crippen LogP contribution in [-0.4, -0.2) is 9.97 Å². The Kier molecular flexibility index (Phi) is 6.63. The third-order valence-electron chi connectivity index (χ3n) is 10.5. The highest BCUT2D eigenvalue weighted by Crippen LogP contribution is 2.51. The largest absolute Gasteiger partial charge is 0.265 e. The molecule has 0 atom stereocenters. The number of benzene rings is 7. The van der Waals surface area contributed by atoms with Crippen LogP contribution in [0.5, 0.6) is 0 Å². The lowest BCUT2D eigenvalue weighted by Crippen LogP contribution is -1.91. The third-order valence-corrected chi connectivity index (χ3v) is 12.7. The van der Waals surface area contributed by atoms with Crippen LogP contribution >= 0.6 is 22.7 Å². The summed E-state index contributed by atoms with van der Waals surface area (Å²) in [7, 11) is 0. The minimum Gasteiger partial charge on any atom is -0.265 e. The van der Waals surface area contributed by atoms with Crippen molar-refractivity contribution in [2.75, 3.05) is 0 Å². The lowest BCUT2D eigenvalue weighted by atomic mass is 9.86. The number of aromatic nitrogens is 2. The van der Waals surface area contributed by atoms with Crippen LogP contribution in [0.3, 0.4) is 0 Å². The Morgan fingerprint density at radius 1 is 0.385 bits per heavy atom. The van der Waals surface area contributed by atoms with E-state index >= 15 is 0 Å². The number of rotatable bonds is 4. The second-order valence-electron chi connectivity index (χ2n) is 13.3. The number of pyridine rings is 2. The molecule has 0 saturated heterocycles. The van der Waals surface area contributed by atoms with Crippen LogP contribution in [0.4, 0.5) is 0 Å². The maximum absolute atomic E-state index is 4.71. The van der Waals surface area contributed by atoms with Crippen molar-refractivity contribution in [3.63, 3.8) is 0 Å². The molecule has 52 heavy (non-hydrogen) atoms. The molecule has 7 aromatic carbocycles. The molecule has 0 amide bonds. The molecule has 0 unspecified atom stereocenters. The van der Waals surface area contributed by atoms with Gasteiger partial charge in [0, 0.05) is 72.1 Å². The predicted octanol–water partition coefficient (Wildman–Crippen LogP) is 14.2. The zero-order valence-corrected chi connectivity index (χ0v) is 29.5. The molecule has 4 heterocycles. The summed E-state index contributed by atoms with van der Waals surface area (Å²) >= 11 is 3.68. The molecular weight excluding hydrogens is 669 g/mol. The van der Waals surface area contributed by atoms with Crippen LogP contribution in [0, 0.1) is 0 Å². The van der Waals surface area contributed by atoms with Crippen molar-refractivity contribution >= 4 is 85.9 Å². The first kappa shape index (κ1) is 29.5. The van der Waals surface area contributed by atoms with E-state index in [1.54, 1.807) is 11.3 Å². The second-order valence-corrected chi connectivity index (χ2v) is 15.3. The van der Waals surface area contributed by atoms with Gasteiger partial charge in [-0.25, -0.2) is 0 Å². The molecule has 4 aromatic heterocycles. The van der Waals surface area contributed by atoms with Gasteiger partial charge in [-0.05, 0) is 114 Å². The zero-order valence-electron chi connectivity index (χ0n) is 27.9. The Morgan fingerprint density at radius 2 is 1.13 bits per heavy atom. The van der Waals surface area contributed by atoms with Crippen LogP contribution in [-0.2, 0) is 0 Å². The van der Waals surface area contributed by atoms with Gasteiger partial charge in [-0.1, -0.05) is 91.0 Å². The van der Waals surface area contributed by atoms with Gasteiger partial charge in [0.25, 0.3) is 0 Å². The van der Waals surface area contributed by atoms with Crippen molar-refractivity contribution in [3.8, 4) is 43.8 Å². The van der Waals surface area contributed by atoms with E-state index in [1.807, 2.05) is 29.9 Å². The van der Waals surface area contributed by atoms with E-state index in [-0.39, 0.29) is 0 Å². The number of fused-ring (bicyclic) bond motifs is 7. The molecule has 0 aliphatic rings. The average Bonchev–Trinajstić information content (AvgIpc) is 3.81. The Labute approximate surface area is 307 Å². The molecule has 242 valence electrons. The third kappa shape index (κ3) is 4.48. The molecule has 4 heteroatoms. The summed E-state index contributed by atoms with van der Waals surface area (Å²) in [5.74, 6) is 0. The van der Waals surface area contributed by atoms with E-state index < -0.39 is 0 Å². The second kappa shape index (κ2) is 11.7. The quantitative estimate of drug-likeness (QED) is 0.135. The van der Waals surface area contributed by atoms with E-state index in [1.165, 1.54) is 102 Å². The molecule has 0 aliphatic heterocycles. The van der Waals surface area contributed by atoms with Gasteiger partial charge in [0.2, 0.25) is 0 Å². The Morgan fingerprint density at radius 3 is 2.04 bits per heavy atom. The van der Waals surface area contributed by atoms with Crippen LogP contribution < -0.4 is 0 Å². The molecule has 2 nitrogen and oxygen atoms in total. The van der Waals surface area contributed by atoms with Crippen LogP contribution in [0.1, 0.15) is 0 Å². The lowest BCUT2D eigenvalue weighted by molar-refractivity contribution is 1.33.